The molecule has 0 spiro atoms. The second-order valence-corrected chi connectivity index (χ2v) is 8.99. The quantitative estimate of drug-likeness (QED) is 0.696. The first kappa shape index (κ1) is 16.6. The molecule has 3 heterocycles. The Kier molecular flexibility index (Phi) is 3.70. The number of ether oxygens (including phenoxy) is 2. The summed E-state index contributed by atoms with van der Waals surface area (Å²) in [5, 5.41) is 1.19. The van der Waals surface area contributed by atoms with Gasteiger partial charge in [-0.15, -0.1) is 0 Å². The summed E-state index contributed by atoms with van der Waals surface area (Å²) in [6.45, 7) is 1.13. The van der Waals surface area contributed by atoms with E-state index >= 15 is 0 Å². The lowest BCUT2D eigenvalue weighted by atomic mass is 10.1. The van der Waals surface area contributed by atoms with E-state index in [1.807, 2.05) is 19.2 Å². The number of aromatic nitrogens is 1. The molecule has 2 aliphatic heterocycles. The maximum absolute atomic E-state index is 13.1. The Balaban J connectivity index is 1.43. The van der Waals surface area contributed by atoms with E-state index in [0.717, 1.165) is 6.42 Å². The lowest BCUT2D eigenvalue weighted by Gasteiger charge is -2.17. The second-order valence-electron chi connectivity index (χ2n) is 7.05. The summed E-state index contributed by atoms with van der Waals surface area (Å²) >= 11 is 0. The summed E-state index contributed by atoms with van der Waals surface area (Å²) < 4.78 is 40.5. The third-order valence-electron chi connectivity index (χ3n) is 5.54. The predicted molar refractivity (Wildman–Crippen MR) is 102 cm³/mol. The van der Waals surface area contributed by atoms with Gasteiger partial charge in [-0.1, -0.05) is 18.2 Å². The molecule has 5 rings (SSSR count). The van der Waals surface area contributed by atoms with Crippen molar-refractivity contribution in [3.63, 3.8) is 0 Å². The molecule has 1 fully saturated rings. The average Bonchev–Trinajstić information content (AvgIpc) is 3.40. The van der Waals surface area contributed by atoms with Crippen LogP contribution in [0.2, 0.25) is 0 Å². The zero-order valence-corrected chi connectivity index (χ0v) is 15.8. The van der Waals surface area contributed by atoms with Crippen LogP contribution < -0.4 is 9.47 Å². The fourth-order valence-electron chi connectivity index (χ4n) is 4.08. The Bertz CT molecular complexity index is 1140. The molecule has 27 heavy (non-hydrogen) atoms. The largest absolute Gasteiger partial charge is 0.454 e. The van der Waals surface area contributed by atoms with Crippen LogP contribution in [-0.4, -0.2) is 37.2 Å². The number of sulfonamides is 1. The van der Waals surface area contributed by atoms with Gasteiger partial charge in [0.15, 0.2) is 11.5 Å². The molecule has 7 heteroatoms. The van der Waals surface area contributed by atoms with E-state index in [1.54, 1.807) is 22.5 Å². The number of rotatable bonds is 3. The minimum absolute atomic E-state index is 0.131. The van der Waals surface area contributed by atoms with Crippen molar-refractivity contribution in [3.05, 3.63) is 54.2 Å². The highest BCUT2D eigenvalue weighted by atomic mass is 32.2. The molecule has 1 saturated heterocycles. The van der Waals surface area contributed by atoms with Crippen LogP contribution in [0.4, 0.5) is 0 Å². The van der Waals surface area contributed by atoms with Crippen LogP contribution >= 0.6 is 0 Å². The number of benzene rings is 2. The van der Waals surface area contributed by atoms with Gasteiger partial charge in [0.1, 0.15) is 0 Å². The third kappa shape index (κ3) is 2.61. The predicted octanol–water partition coefficient (Wildman–Crippen LogP) is 3.09. The van der Waals surface area contributed by atoms with Crippen LogP contribution in [0, 0.1) is 0 Å². The molecule has 1 unspecified atom stereocenters. The molecule has 3 aromatic rings. The van der Waals surface area contributed by atoms with Crippen molar-refractivity contribution in [2.75, 3.05) is 19.9 Å². The number of hydrogen-bond acceptors (Lipinski definition) is 4. The Morgan fingerprint density at radius 2 is 1.85 bits per heavy atom. The molecule has 2 aliphatic rings. The number of fused-ring (bicyclic) bond motifs is 2. The summed E-state index contributed by atoms with van der Waals surface area (Å²) in [6, 6.07) is 15.2. The number of nitrogens with zero attached hydrogens (tertiary/aromatic N) is 2. The van der Waals surface area contributed by atoms with Crippen molar-refractivity contribution in [1.82, 2.24) is 8.87 Å². The Labute approximate surface area is 158 Å². The molecule has 1 atom stereocenters. The summed E-state index contributed by atoms with van der Waals surface area (Å²) in [6.07, 6.45) is 0.813. The van der Waals surface area contributed by atoms with E-state index in [9.17, 15) is 8.42 Å². The Morgan fingerprint density at radius 1 is 1.04 bits per heavy atom. The zero-order valence-electron chi connectivity index (χ0n) is 15.0. The lowest BCUT2D eigenvalue weighted by molar-refractivity contribution is 0.174. The molecule has 0 amide bonds. The van der Waals surface area contributed by atoms with Gasteiger partial charge < -0.3 is 14.0 Å². The molecule has 0 aliphatic carbocycles. The summed E-state index contributed by atoms with van der Waals surface area (Å²) in [5.41, 5.74) is 2.35. The van der Waals surface area contributed by atoms with Gasteiger partial charge in [0.25, 0.3) is 0 Å². The summed E-state index contributed by atoms with van der Waals surface area (Å²) in [4.78, 5) is 0.254. The number of aryl methyl sites for hydroxylation is 1. The fourth-order valence-corrected chi connectivity index (χ4v) is 5.59. The van der Waals surface area contributed by atoms with Crippen LogP contribution in [0.15, 0.2) is 53.4 Å². The van der Waals surface area contributed by atoms with E-state index < -0.39 is 10.0 Å². The van der Waals surface area contributed by atoms with Crippen LogP contribution in [0.5, 0.6) is 11.5 Å². The highest BCUT2D eigenvalue weighted by Gasteiger charge is 2.35. The van der Waals surface area contributed by atoms with Gasteiger partial charge in [-0.3, -0.25) is 0 Å². The highest BCUT2D eigenvalue weighted by molar-refractivity contribution is 7.89. The molecule has 140 valence electrons. The van der Waals surface area contributed by atoms with Crippen LogP contribution in [0.3, 0.4) is 0 Å². The van der Waals surface area contributed by atoms with Crippen molar-refractivity contribution in [2.45, 2.75) is 17.2 Å². The monoisotopic (exact) mass is 384 g/mol. The molecule has 2 aromatic carbocycles. The Hall–Kier alpha value is -2.51. The molecule has 0 radical (unpaired) electrons. The van der Waals surface area contributed by atoms with Crippen LogP contribution in [0.1, 0.15) is 18.0 Å². The van der Waals surface area contributed by atoms with E-state index in [-0.39, 0.29) is 17.6 Å². The van der Waals surface area contributed by atoms with Crippen molar-refractivity contribution >= 4 is 20.9 Å². The minimum Gasteiger partial charge on any atom is -0.454 e. The minimum atomic E-state index is -3.56. The third-order valence-corrected chi connectivity index (χ3v) is 7.40. The smallest absolute Gasteiger partial charge is 0.243 e. The van der Waals surface area contributed by atoms with Crippen molar-refractivity contribution in [2.24, 2.45) is 7.05 Å². The maximum Gasteiger partial charge on any atom is 0.243 e. The number of para-hydroxylation sites is 1. The van der Waals surface area contributed by atoms with Gasteiger partial charge in [-0.05, 0) is 36.1 Å². The average molecular weight is 384 g/mol. The number of hydrogen-bond donors (Lipinski definition) is 0. The molecule has 6 nitrogen and oxygen atoms in total. The first-order valence-corrected chi connectivity index (χ1v) is 10.4. The van der Waals surface area contributed by atoms with Gasteiger partial charge in [-0.25, -0.2) is 8.42 Å². The fraction of sp³-hybridized carbons (Fsp3) is 0.300. The lowest BCUT2D eigenvalue weighted by Crippen LogP contribution is -2.28. The molecule has 1 aromatic heterocycles. The van der Waals surface area contributed by atoms with Gasteiger partial charge >= 0.3 is 0 Å². The molecule has 0 bridgehead atoms. The maximum atomic E-state index is 13.1. The van der Waals surface area contributed by atoms with Crippen LogP contribution in [0.25, 0.3) is 10.9 Å². The second kappa shape index (κ2) is 6.00. The summed E-state index contributed by atoms with van der Waals surface area (Å²) in [5.74, 6) is 1.26. The van der Waals surface area contributed by atoms with Gasteiger partial charge in [0.05, 0.1) is 4.90 Å². The molecule has 0 saturated carbocycles. The van der Waals surface area contributed by atoms with Gasteiger partial charge in [0, 0.05) is 43.3 Å². The zero-order chi connectivity index (χ0) is 18.6. The highest BCUT2D eigenvalue weighted by Crippen LogP contribution is 2.37. The standard InChI is InChI=1S/C20H20N2O4S/c1-21-17-5-3-2-4-14(17)10-18(21)15-8-9-22(12-15)27(23,24)16-6-7-19-20(11-16)26-13-25-19/h2-7,10-11,15H,8-9,12-13H2,1H3. The van der Waals surface area contributed by atoms with Gasteiger partial charge in [0.2, 0.25) is 16.8 Å². The van der Waals surface area contributed by atoms with Crippen molar-refractivity contribution < 1.29 is 17.9 Å². The first-order chi connectivity index (χ1) is 13.0. The van der Waals surface area contributed by atoms with Crippen LogP contribution in [-0.2, 0) is 17.1 Å². The Morgan fingerprint density at radius 3 is 2.70 bits per heavy atom. The van der Waals surface area contributed by atoms with Crippen molar-refractivity contribution in [3.8, 4) is 11.5 Å². The normalized spacial score (nSPS) is 19.8. The molecule has 0 N–H and O–H groups in total. The van der Waals surface area contributed by atoms with E-state index in [1.165, 1.54) is 16.6 Å². The van der Waals surface area contributed by atoms with Crippen molar-refractivity contribution in [1.29, 1.82) is 0 Å². The molecular formula is C20H20N2O4S. The topological polar surface area (TPSA) is 60.8 Å². The van der Waals surface area contributed by atoms with E-state index in [2.05, 4.69) is 22.8 Å². The molecular weight excluding hydrogens is 364 g/mol. The van der Waals surface area contributed by atoms with Gasteiger partial charge in [-0.2, -0.15) is 4.31 Å². The van der Waals surface area contributed by atoms with E-state index in [0.29, 0.717) is 24.6 Å². The summed E-state index contributed by atoms with van der Waals surface area (Å²) in [7, 11) is -1.51. The van der Waals surface area contributed by atoms with E-state index in [4.69, 9.17) is 9.47 Å². The SMILES string of the molecule is Cn1c(C2CCN(S(=O)(=O)c3ccc4c(c3)OCO4)C2)cc2ccccc21. The first-order valence-electron chi connectivity index (χ1n) is 8.98.